The van der Waals surface area contributed by atoms with Crippen LogP contribution in [0.15, 0.2) is 52.8 Å². The van der Waals surface area contributed by atoms with E-state index in [4.69, 9.17) is 11.6 Å². The van der Waals surface area contributed by atoms with Crippen molar-refractivity contribution in [1.29, 1.82) is 0 Å². The third-order valence-electron chi connectivity index (χ3n) is 4.09. The van der Waals surface area contributed by atoms with Crippen molar-refractivity contribution in [2.24, 2.45) is 0 Å². The quantitative estimate of drug-likeness (QED) is 0.818. The van der Waals surface area contributed by atoms with Crippen LogP contribution in [0, 0.1) is 0 Å². The van der Waals surface area contributed by atoms with Crippen molar-refractivity contribution in [1.82, 2.24) is 4.72 Å². The summed E-state index contributed by atoms with van der Waals surface area (Å²) in [4.78, 5) is 0.120. The molecule has 0 aromatic heterocycles. The predicted octanol–water partition coefficient (Wildman–Crippen LogP) is 2.61. The van der Waals surface area contributed by atoms with Crippen molar-refractivity contribution in [3.8, 4) is 0 Å². The second-order valence-corrected chi connectivity index (χ2v) is 9.79. The Kier molecular flexibility index (Phi) is 5.12. The van der Waals surface area contributed by atoms with E-state index in [-0.39, 0.29) is 11.4 Å². The van der Waals surface area contributed by atoms with Crippen LogP contribution in [0.4, 0.5) is 5.69 Å². The topological polar surface area (TPSA) is 83.6 Å². The maximum Gasteiger partial charge on any atom is 0.257 e. The molecular formula is C17H17ClN2O4S2. The molecule has 0 saturated heterocycles. The van der Waals surface area contributed by atoms with E-state index >= 15 is 0 Å². The molecule has 0 aliphatic carbocycles. The molecular weight excluding hydrogens is 396 g/mol. The van der Waals surface area contributed by atoms with Crippen molar-refractivity contribution >= 4 is 43.4 Å². The van der Waals surface area contributed by atoms with Crippen LogP contribution >= 0.6 is 11.6 Å². The molecule has 0 bridgehead atoms. The number of hydrogen-bond donors (Lipinski definition) is 1. The summed E-state index contributed by atoms with van der Waals surface area (Å²) in [6.45, 7) is 0.270. The van der Waals surface area contributed by atoms with Crippen LogP contribution in [-0.4, -0.2) is 30.4 Å². The minimum absolute atomic E-state index is 0.120. The second kappa shape index (κ2) is 7.03. The van der Waals surface area contributed by atoms with E-state index in [1.165, 1.54) is 35.6 Å². The highest BCUT2D eigenvalue weighted by molar-refractivity contribution is 7.95. The third kappa shape index (κ3) is 3.78. The molecule has 3 rings (SSSR count). The summed E-state index contributed by atoms with van der Waals surface area (Å²) in [7, 11) is -5.91. The molecule has 0 amide bonds. The molecule has 0 saturated carbocycles. The monoisotopic (exact) mass is 412 g/mol. The zero-order valence-corrected chi connectivity index (χ0v) is 16.3. The predicted molar refractivity (Wildman–Crippen MR) is 103 cm³/mol. The molecule has 0 fully saturated rings. The molecule has 0 radical (unpaired) electrons. The molecule has 2 aromatic carbocycles. The van der Waals surface area contributed by atoms with E-state index in [9.17, 15) is 16.8 Å². The largest absolute Gasteiger partial charge is 0.266 e. The fourth-order valence-corrected chi connectivity index (χ4v) is 4.89. The van der Waals surface area contributed by atoms with E-state index in [0.29, 0.717) is 28.3 Å². The first-order valence-electron chi connectivity index (χ1n) is 7.76. The summed E-state index contributed by atoms with van der Waals surface area (Å²) in [5, 5.41) is 1.72. The number of halogens is 1. The Morgan fingerprint density at radius 2 is 1.77 bits per heavy atom. The highest BCUT2D eigenvalue weighted by Crippen LogP contribution is 2.32. The summed E-state index contributed by atoms with van der Waals surface area (Å²) in [6.07, 6.45) is 1.96. The molecule has 0 unspecified atom stereocenters. The Morgan fingerprint density at radius 1 is 1.08 bits per heavy atom. The van der Waals surface area contributed by atoms with E-state index in [0.717, 1.165) is 5.41 Å². The van der Waals surface area contributed by atoms with Gasteiger partial charge in [0.2, 0.25) is 10.0 Å². The van der Waals surface area contributed by atoms with Crippen LogP contribution < -0.4 is 9.03 Å². The zero-order chi connectivity index (χ0) is 18.9. The van der Waals surface area contributed by atoms with Crippen LogP contribution in [-0.2, 0) is 26.5 Å². The third-order valence-corrected chi connectivity index (χ3v) is 7.23. The molecule has 1 aliphatic heterocycles. The molecule has 2 aromatic rings. The smallest absolute Gasteiger partial charge is 0.257 e. The van der Waals surface area contributed by atoms with Crippen LogP contribution in [0.25, 0.3) is 6.08 Å². The van der Waals surface area contributed by atoms with Gasteiger partial charge in [0.05, 0.1) is 16.0 Å². The van der Waals surface area contributed by atoms with Gasteiger partial charge in [-0.2, -0.15) is 0 Å². The number of benzene rings is 2. The zero-order valence-electron chi connectivity index (χ0n) is 13.9. The summed E-state index contributed by atoms with van der Waals surface area (Å²) in [5.74, 6) is 0. The lowest BCUT2D eigenvalue weighted by Gasteiger charge is -2.17. The van der Waals surface area contributed by atoms with Gasteiger partial charge in [0.15, 0.2) is 0 Å². The lowest BCUT2D eigenvalue weighted by molar-refractivity contribution is 0.588. The van der Waals surface area contributed by atoms with Gasteiger partial charge in [0.1, 0.15) is 0 Å². The van der Waals surface area contributed by atoms with Gasteiger partial charge in [0, 0.05) is 11.6 Å². The van der Waals surface area contributed by atoms with Crippen LogP contribution in [0.3, 0.4) is 0 Å². The first kappa shape index (κ1) is 18.9. The molecule has 26 heavy (non-hydrogen) atoms. The first-order chi connectivity index (χ1) is 12.2. The van der Waals surface area contributed by atoms with Crippen molar-refractivity contribution in [3.05, 3.63) is 64.0 Å². The molecule has 0 spiro atoms. The van der Waals surface area contributed by atoms with Gasteiger partial charge >= 0.3 is 0 Å². The number of rotatable bonds is 5. The molecule has 138 valence electrons. The standard InChI is InChI=1S/C17H17ClN2O4S2/c1-19-26(23,24)16-6-7-17-14(12-16)8-10-20(17)25(21,22)11-9-13-2-4-15(18)5-3-13/h2-7,9,11-12,19H,8,10H2,1H3/b11-9+. The first-order valence-corrected chi connectivity index (χ1v) is 11.1. The SMILES string of the molecule is CNS(=O)(=O)c1ccc2c(c1)CCN2S(=O)(=O)/C=C/c1ccc(Cl)cc1. The van der Waals surface area contributed by atoms with Crippen molar-refractivity contribution in [2.75, 3.05) is 17.9 Å². The summed E-state index contributed by atoms with van der Waals surface area (Å²) in [5.41, 5.74) is 1.90. The summed E-state index contributed by atoms with van der Waals surface area (Å²) >= 11 is 5.82. The van der Waals surface area contributed by atoms with Gasteiger partial charge < -0.3 is 0 Å². The molecule has 0 atom stereocenters. The van der Waals surface area contributed by atoms with Crippen molar-refractivity contribution in [3.63, 3.8) is 0 Å². The number of hydrogen-bond acceptors (Lipinski definition) is 4. The molecule has 1 N–H and O–H groups in total. The number of nitrogens with one attached hydrogen (secondary N) is 1. The highest BCUT2D eigenvalue weighted by Gasteiger charge is 2.28. The van der Waals surface area contributed by atoms with Gasteiger partial charge in [-0.15, -0.1) is 0 Å². The van der Waals surface area contributed by atoms with Gasteiger partial charge in [-0.3, -0.25) is 4.31 Å². The summed E-state index contributed by atoms with van der Waals surface area (Å²) < 4.78 is 52.6. The highest BCUT2D eigenvalue weighted by atomic mass is 35.5. The molecule has 1 aliphatic rings. The minimum atomic E-state index is -3.68. The second-order valence-electron chi connectivity index (χ2n) is 5.72. The lowest BCUT2D eigenvalue weighted by Crippen LogP contribution is -2.27. The van der Waals surface area contributed by atoms with Gasteiger partial charge in [-0.1, -0.05) is 23.7 Å². The van der Waals surface area contributed by atoms with E-state index < -0.39 is 20.0 Å². The Hall–Kier alpha value is -1.87. The minimum Gasteiger partial charge on any atom is -0.266 e. The average molecular weight is 413 g/mol. The maximum atomic E-state index is 12.7. The Balaban J connectivity index is 1.89. The van der Waals surface area contributed by atoms with Crippen LogP contribution in [0.1, 0.15) is 11.1 Å². The number of fused-ring (bicyclic) bond motifs is 1. The Labute approximate surface area is 158 Å². The number of sulfonamides is 2. The number of nitrogens with zero attached hydrogens (tertiary/aromatic N) is 1. The fourth-order valence-electron chi connectivity index (χ4n) is 2.71. The van der Waals surface area contributed by atoms with E-state index in [1.807, 2.05) is 0 Å². The van der Waals surface area contributed by atoms with Crippen LogP contribution in [0.5, 0.6) is 0 Å². The molecule has 1 heterocycles. The Morgan fingerprint density at radius 3 is 2.42 bits per heavy atom. The van der Waals surface area contributed by atoms with Gasteiger partial charge in [-0.25, -0.2) is 21.6 Å². The Bertz CT molecular complexity index is 1060. The maximum absolute atomic E-state index is 12.7. The van der Waals surface area contributed by atoms with Gasteiger partial charge in [0.25, 0.3) is 10.0 Å². The van der Waals surface area contributed by atoms with Crippen molar-refractivity contribution < 1.29 is 16.8 Å². The van der Waals surface area contributed by atoms with Crippen molar-refractivity contribution in [2.45, 2.75) is 11.3 Å². The average Bonchev–Trinajstić information content (AvgIpc) is 3.05. The summed E-state index contributed by atoms with van der Waals surface area (Å²) in [6, 6.07) is 11.3. The molecule has 6 nitrogen and oxygen atoms in total. The van der Waals surface area contributed by atoms with Crippen LogP contribution in [0.2, 0.25) is 5.02 Å². The van der Waals surface area contributed by atoms with E-state index in [2.05, 4.69) is 4.72 Å². The lowest BCUT2D eigenvalue weighted by atomic mass is 10.2. The molecule has 9 heteroatoms. The normalized spacial score (nSPS) is 14.8. The number of anilines is 1. The fraction of sp³-hybridized carbons (Fsp3) is 0.176. The van der Waals surface area contributed by atoms with E-state index in [1.54, 1.807) is 24.3 Å². The van der Waals surface area contributed by atoms with Gasteiger partial charge in [-0.05, 0) is 61.0 Å².